The summed E-state index contributed by atoms with van der Waals surface area (Å²) < 4.78 is 19.3. The molecule has 102 valence electrons. The van der Waals surface area contributed by atoms with Crippen molar-refractivity contribution < 1.29 is 9.13 Å². The first-order chi connectivity index (χ1) is 8.50. The molecule has 1 atom stereocenters. The maximum atomic E-state index is 13.5. The van der Waals surface area contributed by atoms with Gasteiger partial charge in [0.05, 0.1) is 12.7 Å². The second-order valence-electron chi connectivity index (χ2n) is 5.25. The third kappa shape index (κ3) is 5.15. The molecular formula is C15H24FNO. The Bertz CT molecular complexity index is 352. The Morgan fingerprint density at radius 1 is 1.17 bits per heavy atom. The zero-order valence-corrected chi connectivity index (χ0v) is 11.7. The van der Waals surface area contributed by atoms with E-state index in [-0.39, 0.29) is 11.9 Å². The van der Waals surface area contributed by atoms with Gasteiger partial charge in [-0.15, -0.1) is 0 Å². The van der Waals surface area contributed by atoms with Crippen LogP contribution in [0.15, 0.2) is 24.3 Å². The first-order valence-corrected chi connectivity index (χ1v) is 6.59. The van der Waals surface area contributed by atoms with Crippen molar-refractivity contribution in [3.05, 3.63) is 35.6 Å². The quantitative estimate of drug-likeness (QED) is 0.804. The van der Waals surface area contributed by atoms with Crippen LogP contribution in [0, 0.1) is 11.7 Å². The molecule has 0 radical (unpaired) electrons. The van der Waals surface area contributed by atoms with Crippen molar-refractivity contribution in [1.82, 2.24) is 5.32 Å². The molecule has 1 aromatic carbocycles. The summed E-state index contributed by atoms with van der Waals surface area (Å²) in [7, 11) is 0. The highest BCUT2D eigenvalue weighted by atomic mass is 19.1. The number of rotatable bonds is 7. The number of benzene rings is 1. The van der Waals surface area contributed by atoms with E-state index in [1.807, 2.05) is 6.07 Å². The molecule has 0 saturated carbocycles. The molecule has 0 aromatic heterocycles. The minimum atomic E-state index is -0.197. The summed E-state index contributed by atoms with van der Waals surface area (Å²) in [5, 5.41) is 3.36. The Balaban J connectivity index is 2.49. The molecule has 18 heavy (non-hydrogen) atoms. The van der Waals surface area contributed by atoms with Crippen LogP contribution >= 0.6 is 0 Å². The summed E-state index contributed by atoms with van der Waals surface area (Å²) in [5.41, 5.74) is 0.618. The normalized spacial score (nSPS) is 13.3. The first-order valence-electron chi connectivity index (χ1n) is 6.59. The summed E-state index contributed by atoms with van der Waals surface area (Å²) in [4.78, 5) is 0. The Hall–Kier alpha value is -0.930. The molecule has 0 spiro atoms. The molecule has 0 bridgehead atoms. The maximum absolute atomic E-state index is 13.5. The van der Waals surface area contributed by atoms with Crippen molar-refractivity contribution in [1.29, 1.82) is 0 Å². The first kappa shape index (κ1) is 15.1. The SMILES string of the molecule is CC(C)NCC(OCc1ccccc1F)C(C)C. The van der Waals surface area contributed by atoms with Gasteiger partial charge in [-0.3, -0.25) is 0 Å². The van der Waals surface area contributed by atoms with Gasteiger partial charge < -0.3 is 10.1 Å². The Morgan fingerprint density at radius 3 is 2.39 bits per heavy atom. The van der Waals surface area contributed by atoms with Gasteiger partial charge >= 0.3 is 0 Å². The smallest absolute Gasteiger partial charge is 0.128 e. The molecule has 0 aliphatic heterocycles. The number of halogens is 1. The van der Waals surface area contributed by atoms with Gasteiger partial charge in [-0.25, -0.2) is 4.39 Å². The van der Waals surface area contributed by atoms with Crippen LogP contribution < -0.4 is 5.32 Å². The predicted octanol–water partition coefficient (Wildman–Crippen LogP) is 3.36. The van der Waals surface area contributed by atoms with Gasteiger partial charge in [-0.1, -0.05) is 45.9 Å². The molecule has 2 nitrogen and oxygen atoms in total. The second-order valence-corrected chi connectivity index (χ2v) is 5.25. The topological polar surface area (TPSA) is 21.3 Å². The van der Waals surface area contributed by atoms with Crippen molar-refractivity contribution >= 4 is 0 Å². The summed E-state index contributed by atoms with van der Waals surface area (Å²) >= 11 is 0. The van der Waals surface area contributed by atoms with E-state index in [2.05, 4.69) is 33.0 Å². The zero-order chi connectivity index (χ0) is 13.5. The Labute approximate surface area is 110 Å². The lowest BCUT2D eigenvalue weighted by Gasteiger charge is -2.23. The van der Waals surface area contributed by atoms with Crippen LogP contribution in [0.3, 0.4) is 0 Å². The molecule has 1 N–H and O–H groups in total. The molecular weight excluding hydrogens is 229 g/mol. The molecule has 0 saturated heterocycles. The summed E-state index contributed by atoms with van der Waals surface area (Å²) in [6.45, 7) is 9.57. The molecule has 1 unspecified atom stereocenters. The second kappa shape index (κ2) is 7.49. The van der Waals surface area contributed by atoms with Crippen LogP contribution in [0.4, 0.5) is 4.39 Å². The van der Waals surface area contributed by atoms with Gasteiger partial charge in [0, 0.05) is 18.2 Å². The van der Waals surface area contributed by atoms with Gasteiger partial charge in [-0.05, 0) is 12.0 Å². The van der Waals surface area contributed by atoms with E-state index in [0.29, 0.717) is 24.1 Å². The lowest BCUT2D eigenvalue weighted by Crippen LogP contribution is -2.36. The fourth-order valence-electron chi connectivity index (χ4n) is 1.65. The monoisotopic (exact) mass is 253 g/mol. The zero-order valence-electron chi connectivity index (χ0n) is 11.7. The van der Waals surface area contributed by atoms with E-state index in [0.717, 1.165) is 6.54 Å². The molecule has 3 heteroatoms. The Kier molecular flexibility index (Phi) is 6.30. The minimum Gasteiger partial charge on any atom is -0.372 e. The highest BCUT2D eigenvalue weighted by Gasteiger charge is 2.15. The number of hydrogen-bond acceptors (Lipinski definition) is 2. The van der Waals surface area contributed by atoms with Gasteiger partial charge in [0.25, 0.3) is 0 Å². The summed E-state index contributed by atoms with van der Waals surface area (Å²) in [6.07, 6.45) is 0.104. The number of hydrogen-bond donors (Lipinski definition) is 1. The highest BCUT2D eigenvalue weighted by molar-refractivity contribution is 5.16. The minimum absolute atomic E-state index is 0.104. The standard InChI is InChI=1S/C15H24FNO/c1-11(2)15(9-17-12(3)4)18-10-13-7-5-6-8-14(13)16/h5-8,11-12,15,17H,9-10H2,1-4H3. The van der Waals surface area contributed by atoms with E-state index < -0.39 is 0 Å². The average Bonchev–Trinajstić information content (AvgIpc) is 2.30. The molecule has 1 aromatic rings. The Morgan fingerprint density at radius 2 is 1.83 bits per heavy atom. The van der Waals surface area contributed by atoms with Gasteiger partial charge in [0.2, 0.25) is 0 Å². The molecule has 1 rings (SSSR count). The molecule has 0 fully saturated rings. The van der Waals surface area contributed by atoms with Crippen LogP contribution in [0.1, 0.15) is 33.3 Å². The van der Waals surface area contributed by atoms with Gasteiger partial charge in [0.1, 0.15) is 5.82 Å². The summed E-state index contributed by atoms with van der Waals surface area (Å²) in [5.74, 6) is 0.208. The van der Waals surface area contributed by atoms with E-state index in [1.165, 1.54) is 6.07 Å². The summed E-state index contributed by atoms with van der Waals surface area (Å²) in [6, 6.07) is 7.19. The van der Waals surface area contributed by atoms with Crippen molar-refractivity contribution in [3.63, 3.8) is 0 Å². The number of ether oxygens (including phenoxy) is 1. The van der Waals surface area contributed by atoms with Gasteiger partial charge in [0.15, 0.2) is 0 Å². The predicted molar refractivity (Wildman–Crippen MR) is 73.0 cm³/mol. The largest absolute Gasteiger partial charge is 0.372 e. The molecule has 0 heterocycles. The van der Waals surface area contributed by atoms with E-state index in [1.54, 1.807) is 12.1 Å². The van der Waals surface area contributed by atoms with Crippen molar-refractivity contribution in [2.75, 3.05) is 6.54 Å². The van der Waals surface area contributed by atoms with Crippen LogP contribution in [0.2, 0.25) is 0 Å². The van der Waals surface area contributed by atoms with Crippen LogP contribution in [-0.4, -0.2) is 18.7 Å². The van der Waals surface area contributed by atoms with Gasteiger partial charge in [-0.2, -0.15) is 0 Å². The average molecular weight is 253 g/mol. The molecule has 0 amide bonds. The van der Waals surface area contributed by atoms with E-state index in [4.69, 9.17) is 4.74 Å². The number of nitrogens with one attached hydrogen (secondary N) is 1. The van der Waals surface area contributed by atoms with Crippen molar-refractivity contribution in [2.45, 2.75) is 46.4 Å². The fraction of sp³-hybridized carbons (Fsp3) is 0.600. The van der Waals surface area contributed by atoms with E-state index in [9.17, 15) is 4.39 Å². The highest BCUT2D eigenvalue weighted by Crippen LogP contribution is 2.12. The van der Waals surface area contributed by atoms with E-state index >= 15 is 0 Å². The van der Waals surface area contributed by atoms with Crippen molar-refractivity contribution in [2.24, 2.45) is 5.92 Å². The van der Waals surface area contributed by atoms with Crippen molar-refractivity contribution in [3.8, 4) is 0 Å². The van der Waals surface area contributed by atoms with Crippen LogP contribution in [0.5, 0.6) is 0 Å². The third-order valence-electron chi connectivity index (χ3n) is 2.88. The molecule has 0 aliphatic carbocycles. The fourth-order valence-corrected chi connectivity index (χ4v) is 1.65. The van der Waals surface area contributed by atoms with Crippen LogP contribution in [-0.2, 0) is 11.3 Å². The maximum Gasteiger partial charge on any atom is 0.128 e. The molecule has 0 aliphatic rings. The third-order valence-corrected chi connectivity index (χ3v) is 2.88. The lowest BCUT2D eigenvalue weighted by molar-refractivity contribution is 0.00904. The lowest BCUT2D eigenvalue weighted by atomic mass is 10.1. The van der Waals surface area contributed by atoms with Crippen LogP contribution in [0.25, 0.3) is 0 Å².